The molecule has 0 spiro atoms. The van der Waals surface area contributed by atoms with Gasteiger partial charge in [0, 0.05) is 93.3 Å². The van der Waals surface area contributed by atoms with Crippen molar-refractivity contribution >= 4 is 5.97 Å². The van der Waals surface area contributed by atoms with Gasteiger partial charge in [-0.15, -0.1) is 0 Å². The van der Waals surface area contributed by atoms with Gasteiger partial charge >= 0.3 is 28.8 Å². The van der Waals surface area contributed by atoms with Gasteiger partial charge in [-0.05, 0) is 111 Å². The Labute approximate surface area is 763 Å². The summed E-state index contributed by atoms with van der Waals surface area (Å²) >= 11 is 0. The number of aliphatic hydroxyl groups is 6. The van der Waals surface area contributed by atoms with Gasteiger partial charge in [0.25, 0.3) is 16.7 Å². The number of carbonyl (C=O) groups excluding carboxylic acids is 1. The second kappa shape index (κ2) is 42.3. The maximum atomic E-state index is 12.2. The van der Waals surface area contributed by atoms with E-state index in [-0.39, 0.29) is 91.7 Å². The first-order valence-corrected chi connectivity index (χ1v) is 45.0. The van der Waals surface area contributed by atoms with E-state index in [1.165, 1.54) is 61.0 Å². The van der Waals surface area contributed by atoms with Crippen molar-refractivity contribution in [2.24, 2.45) is 23.7 Å². The third-order valence-corrected chi connectivity index (χ3v) is 27.4. The largest absolute Gasteiger partial charge is 0.455 e. The standard InChI is InChI=1S/C16H24N2O6.C13H20N2O6.C13H24O4.C12H16N2O5.C12H22O5.C12H21O5.C11H20O5/c1-6-16(9(2)3)13(22-5)12(23-10(4)19)14(24-16)18-8-7-11(20)17-15(18)21;1-7(2)13(6-16)10(20-3)9(18)11(21-13)15-5-4-8(17)14-12(15)19;1-7-13(8(2)3)10(14-6)9-11(17-13)16-12(4,5)15-9;1-6(2)12-5-18-8(9(12)16)10(19-12)14-4-3-7(15)13-11(14)17;2*1-6-12(7(2)13)9(14-5)8-10(17-12)16-11(3,4)15-8;1-5-11(6-12)8(13-4)7-9(16-11)15-10(2,3)14-7/h7-9,12-14H,6H2,1-5H3,(H,17,20,21);4-5,7,9-11,16,18H,6H2,1-3H3,(H,14,17,19);8-11H,7H2,1-6H3;3-4,6,8-10,16H,5H2,1-2H3,(H,13,15,17);7-10,13H,6H2,1-5H3;7-10,13H,3,6H2,1-2,4-5H3;7-9,12H,5-6H2,1-4H3/q;;;;;+1;/t12-,13-,14-,16+;9-,10-,11-,13+;9-,10-,11+,13+;8-,9+,10+,12-;7-,8+,9+,10-,12-;7-,8-,9-,10+,11?,12+;7-,8-,9+,11+/m1110011/s1. The van der Waals surface area contributed by atoms with E-state index in [1.54, 1.807) is 49.2 Å². The van der Waals surface area contributed by atoms with E-state index in [4.69, 9.17) is 109 Å². The Morgan fingerprint density at radius 1 is 0.420 bits per heavy atom. The lowest BCUT2D eigenvalue weighted by atomic mass is 9.82. The monoisotopic (exact) mass is 1880 g/mol. The number of ether oxygens (including phenoxy) is 23. The van der Waals surface area contributed by atoms with Crippen LogP contribution in [0.1, 0.15) is 210 Å². The van der Waals surface area contributed by atoms with E-state index in [0.29, 0.717) is 38.2 Å². The summed E-state index contributed by atoms with van der Waals surface area (Å²) in [5.41, 5.74) is -8.59. The van der Waals surface area contributed by atoms with E-state index >= 15 is 0 Å². The molecule has 12 fully saturated rings. The van der Waals surface area contributed by atoms with Gasteiger partial charge in [0.1, 0.15) is 125 Å². The molecular formula is C89H147N6O36+. The highest BCUT2D eigenvalue weighted by molar-refractivity contribution is 5.66. The molecule has 0 saturated carbocycles. The summed E-state index contributed by atoms with van der Waals surface area (Å²) in [6.45, 7) is 47.0. The number of nitrogens with one attached hydrogen (secondary N) is 3. The third-order valence-electron chi connectivity index (χ3n) is 27.4. The predicted octanol–water partition coefficient (Wildman–Crippen LogP) is 3.72. The quantitative estimate of drug-likeness (QED) is 0.0482. The molecule has 12 aliphatic rings. The molecule has 31 atom stereocenters. The number of hydrogen-bond acceptors (Lipinski definition) is 36. The number of nitrogens with zero attached hydrogens (tertiary/aromatic N) is 3. The highest BCUT2D eigenvalue weighted by atomic mass is 16.9. The molecule has 748 valence electrons. The lowest BCUT2D eigenvalue weighted by Gasteiger charge is -2.38. The minimum absolute atomic E-state index is 0.0500. The van der Waals surface area contributed by atoms with Gasteiger partial charge in [0.05, 0.1) is 32.0 Å². The molecule has 15 heterocycles. The number of rotatable bonds is 23. The molecule has 42 heteroatoms. The Balaban J connectivity index is 0.000000173. The summed E-state index contributed by atoms with van der Waals surface area (Å²) in [5.74, 6) is -3.00. The fourth-order valence-corrected chi connectivity index (χ4v) is 20.3. The minimum Gasteiger partial charge on any atom is -0.455 e. The van der Waals surface area contributed by atoms with Crippen LogP contribution in [0.4, 0.5) is 0 Å². The molecule has 131 heavy (non-hydrogen) atoms. The summed E-state index contributed by atoms with van der Waals surface area (Å²) in [6.07, 6.45) is -5.12. The van der Waals surface area contributed by atoms with Gasteiger partial charge in [-0.1, -0.05) is 90.0 Å². The number of carbonyl (C=O) groups is 1. The number of hydrogen-bond donors (Lipinski definition) is 9. The van der Waals surface area contributed by atoms with Crippen molar-refractivity contribution in [3.63, 3.8) is 0 Å². The Morgan fingerprint density at radius 2 is 0.771 bits per heavy atom. The highest BCUT2D eigenvalue weighted by Crippen LogP contribution is 2.54. The molecular weight excluding hydrogens is 1730 g/mol. The molecule has 3 aromatic heterocycles. The second-order valence-corrected chi connectivity index (χ2v) is 37.7. The summed E-state index contributed by atoms with van der Waals surface area (Å²) in [5, 5.41) is 59.8. The van der Waals surface area contributed by atoms with Crippen molar-refractivity contribution in [2.75, 3.05) is 62.5 Å². The molecule has 3 aromatic rings. The minimum atomic E-state index is -1.16. The molecule has 15 rings (SSSR count). The van der Waals surface area contributed by atoms with Crippen molar-refractivity contribution in [2.45, 2.75) is 395 Å². The molecule has 1 unspecified atom stereocenters. The van der Waals surface area contributed by atoms with Crippen LogP contribution in [0.3, 0.4) is 0 Å². The van der Waals surface area contributed by atoms with Crippen LogP contribution in [-0.2, 0) is 114 Å². The molecule has 42 nitrogen and oxygen atoms in total. The molecule has 12 aliphatic heterocycles. The van der Waals surface area contributed by atoms with Gasteiger partial charge in [0.2, 0.25) is 0 Å². The zero-order chi connectivity index (χ0) is 98.1. The Morgan fingerprint density at radius 3 is 1.11 bits per heavy atom. The van der Waals surface area contributed by atoms with Gasteiger partial charge in [-0.25, -0.2) is 14.4 Å². The van der Waals surface area contributed by atoms with Crippen LogP contribution >= 0.6 is 0 Å². The predicted molar refractivity (Wildman–Crippen MR) is 463 cm³/mol. The smallest absolute Gasteiger partial charge is 0.330 e. The first-order valence-electron chi connectivity index (χ1n) is 45.0. The summed E-state index contributed by atoms with van der Waals surface area (Å²) in [4.78, 5) is 87.3. The van der Waals surface area contributed by atoms with Crippen LogP contribution in [0.2, 0.25) is 0 Å². The number of fused-ring (bicyclic) bond motifs is 6. The van der Waals surface area contributed by atoms with Crippen molar-refractivity contribution in [3.05, 3.63) is 106 Å². The molecule has 0 amide bonds. The van der Waals surface area contributed by atoms with E-state index in [1.807, 2.05) is 111 Å². The van der Waals surface area contributed by atoms with E-state index < -0.39 is 183 Å². The second-order valence-electron chi connectivity index (χ2n) is 37.7. The molecule has 9 N–H and O–H groups in total. The van der Waals surface area contributed by atoms with E-state index in [2.05, 4.69) is 42.6 Å². The lowest BCUT2D eigenvalue weighted by molar-refractivity contribution is -0.259. The van der Waals surface area contributed by atoms with Crippen molar-refractivity contribution in [1.29, 1.82) is 0 Å². The summed E-state index contributed by atoms with van der Waals surface area (Å²) < 4.78 is 135. The van der Waals surface area contributed by atoms with Crippen LogP contribution in [0.5, 0.6) is 0 Å². The van der Waals surface area contributed by atoms with Crippen LogP contribution < -0.4 is 33.7 Å². The topological polar surface area (TPSA) is 515 Å². The van der Waals surface area contributed by atoms with Crippen LogP contribution in [0.15, 0.2) is 65.6 Å². The number of methoxy groups -OCH3 is 6. The van der Waals surface area contributed by atoms with Crippen LogP contribution in [0.25, 0.3) is 0 Å². The van der Waals surface area contributed by atoms with Gasteiger partial charge in [-0.3, -0.25) is 52.6 Å². The summed E-state index contributed by atoms with van der Waals surface area (Å²) in [6, 6.07) is 3.62. The number of esters is 1. The van der Waals surface area contributed by atoms with Gasteiger partial charge in [0.15, 0.2) is 67.3 Å². The van der Waals surface area contributed by atoms with E-state index in [0.717, 1.165) is 17.1 Å². The first-order chi connectivity index (χ1) is 61.1. The molecule has 2 bridgehead atoms. The fraction of sp³-hybridized carbons (Fsp3) is 0.843. The van der Waals surface area contributed by atoms with Crippen LogP contribution in [0, 0.1) is 30.6 Å². The number of H-pyrrole nitrogens is 3. The molecule has 0 radical (unpaired) electrons. The maximum Gasteiger partial charge on any atom is 0.330 e. The van der Waals surface area contributed by atoms with Gasteiger partial charge in [-0.2, -0.15) is 0 Å². The molecule has 12 saturated heterocycles. The number of aliphatic hydroxyl groups excluding tert-OH is 6. The average Bonchev–Trinajstić information content (AvgIpc) is 1.56. The van der Waals surface area contributed by atoms with Crippen molar-refractivity contribution in [1.82, 2.24) is 28.7 Å². The zero-order valence-corrected chi connectivity index (χ0v) is 81.2. The highest BCUT2D eigenvalue weighted by Gasteiger charge is 2.69. The Hall–Kier alpha value is -5.74. The van der Waals surface area contributed by atoms with Crippen molar-refractivity contribution in [3.8, 4) is 0 Å². The SMILES string of the molecule is CC(C)[C@]12CO[C@H]([C@H](n3ccc(=O)[nH]c3=O)O1)[C@H]2O.CC[C@@]1(C(C)C)O[C@@H](n2ccc(=O)[nH]c2=O)[C@H](OC(C)=O)[C@H]1OC.CC[C@@]1(C(C)C)O[C@@H]2OC(C)(C)O[C@@H]2[C@H]1OC.CC[C@@]1(CO)O[C@@H]2OC(C)(C)O[C@@H]2[C@H]1OC.CC[C@@]1([C@H](C)O)O[C@@H]2OC(C)(C)O[C@@H]2[C@H]1OC.CO[C@@H]1[C@@H](O)[C@H](n2ccc(=O)[nH]c2=O)O[C@@]1(CO)C(C)C.[CH2+]C1(C)O[C@H]2O[C@@](CC)([C@@H](C)O)[C@H](OC)[C@H]2O1. The van der Waals surface area contributed by atoms with Crippen LogP contribution in [-0.4, -0.2) is 313 Å². The van der Waals surface area contributed by atoms with Gasteiger partial charge < -0.3 is 135 Å². The maximum absolute atomic E-state index is 12.2. The zero-order valence-electron chi connectivity index (χ0n) is 81.2. The van der Waals surface area contributed by atoms with E-state index in [9.17, 15) is 64.2 Å². The first kappa shape index (κ1) is 109. The fourth-order valence-electron chi connectivity index (χ4n) is 20.3. The normalized spacial score (nSPS) is 40.1. The molecule has 0 aromatic carbocycles. The summed E-state index contributed by atoms with van der Waals surface area (Å²) in [7, 11) is 9.45. The lowest BCUT2D eigenvalue weighted by Crippen LogP contribution is -2.52. The molecule has 0 aliphatic carbocycles. The number of aromatic nitrogens is 6. The Kier molecular flexibility index (Phi) is 35.2. The third kappa shape index (κ3) is 21.0. The number of aromatic amines is 3. The Bertz CT molecular complexity index is 4460. The van der Waals surface area contributed by atoms with Crippen molar-refractivity contribution < 1.29 is 144 Å². The average molecular weight is 1880 g/mol.